The highest BCUT2D eigenvalue weighted by Crippen LogP contribution is 2.23. The summed E-state index contributed by atoms with van der Waals surface area (Å²) < 4.78 is 18.6. The molecule has 1 aromatic rings. The minimum absolute atomic E-state index is 0.0797. The number of pyridine rings is 1. The Kier molecular flexibility index (Phi) is 3.74. The van der Waals surface area contributed by atoms with Crippen LogP contribution in [0.25, 0.3) is 0 Å². The molecule has 0 aliphatic carbocycles. The summed E-state index contributed by atoms with van der Waals surface area (Å²) in [5.74, 6) is -0.311. The van der Waals surface area contributed by atoms with Crippen molar-refractivity contribution >= 4 is 0 Å². The van der Waals surface area contributed by atoms with Crippen molar-refractivity contribution in [3.8, 4) is 0 Å². The van der Waals surface area contributed by atoms with Gasteiger partial charge in [0.25, 0.3) is 0 Å². The van der Waals surface area contributed by atoms with Crippen molar-refractivity contribution in [3.05, 3.63) is 29.8 Å². The fourth-order valence-corrected chi connectivity index (χ4v) is 1.98. The van der Waals surface area contributed by atoms with Crippen LogP contribution in [0.15, 0.2) is 18.3 Å². The molecule has 0 aromatic carbocycles. The molecule has 0 spiro atoms. The molecule has 1 aromatic heterocycles. The normalized spacial score (nSPS) is 29.9. The standard InChI is InChI=1S/C13H19FN2O/c1-3-13(2)6-7-17-12(9-16-13)11-5-4-10(14)8-15-11/h4-5,8,12,16H,3,6-7,9H2,1-2H3. The average molecular weight is 238 g/mol. The van der Waals surface area contributed by atoms with Gasteiger partial charge in [0.05, 0.1) is 11.9 Å². The van der Waals surface area contributed by atoms with Crippen LogP contribution in [-0.4, -0.2) is 23.7 Å². The van der Waals surface area contributed by atoms with E-state index in [0.717, 1.165) is 25.1 Å². The van der Waals surface area contributed by atoms with E-state index in [2.05, 4.69) is 24.1 Å². The molecule has 17 heavy (non-hydrogen) atoms. The van der Waals surface area contributed by atoms with Crippen molar-refractivity contribution in [1.29, 1.82) is 0 Å². The van der Waals surface area contributed by atoms with E-state index in [1.54, 1.807) is 6.07 Å². The van der Waals surface area contributed by atoms with Crippen LogP contribution < -0.4 is 5.32 Å². The van der Waals surface area contributed by atoms with Crippen LogP contribution in [0.4, 0.5) is 4.39 Å². The average Bonchev–Trinajstić information content (AvgIpc) is 2.53. The molecule has 3 nitrogen and oxygen atoms in total. The first-order chi connectivity index (χ1) is 8.13. The molecule has 2 unspecified atom stereocenters. The third-order valence-electron chi connectivity index (χ3n) is 3.55. The second kappa shape index (κ2) is 5.10. The van der Waals surface area contributed by atoms with E-state index in [1.807, 2.05) is 0 Å². The van der Waals surface area contributed by atoms with E-state index in [1.165, 1.54) is 12.3 Å². The SMILES string of the molecule is CCC1(C)CCOC(c2ccc(F)cn2)CN1. The Morgan fingerprint density at radius 1 is 1.59 bits per heavy atom. The van der Waals surface area contributed by atoms with Gasteiger partial charge in [-0.3, -0.25) is 4.98 Å². The molecule has 1 fully saturated rings. The van der Waals surface area contributed by atoms with E-state index in [0.29, 0.717) is 6.61 Å². The molecule has 1 aliphatic rings. The lowest BCUT2D eigenvalue weighted by Crippen LogP contribution is -2.42. The van der Waals surface area contributed by atoms with Crippen LogP contribution in [0.1, 0.15) is 38.5 Å². The molecular weight excluding hydrogens is 219 g/mol. The van der Waals surface area contributed by atoms with Gasteiger partial charge in [-0.05, 0) is 31.9 Å². The lowest BCUT2D eigenvalue weighted by Gasteiger charge is -2.27. The number of halogens is 1. The second-order valence-corrected chi connectivity index (χ2v) is 4.81. The Bertz CT molecular complexity index is 368. The van der Waals surface area contributed by atoms with E-state index >= 15 is 0 Å². The molecule has 0 bridgehead atoms. The highest BCUT2D eigenvalue weighted by atomic mass is 19.1. The largest absolute Gasteiger partial charge is 0.371 e. The molecule has 2 rings (SSSR count). The van der Waals surface area contributed by atoms with Gasteiger partial charge in [-0.25, -0.2) is 4.39 Å². The van der Waals surface area contributed by atoms with Crippen molar-refractivity contribution < 1.29 is 9.13 Å². The number of nitrogens with zero attached hydrogens (tertiary/aromatic N) is 1. The van der Waals surface area contributed by atoms with Crippen LogP contribution in [0, 0.1) is 5.82 Å². The Morgan fingerprint density at radius 3 is 3.06 bits per heavy atom. The van der Waals surface area contributed by atoms with Crippen LogP contribution >= 0.6 is 0 Å². The topological polar surface area (TPSA) is 34.1 Å². The number of ether oxygens (including phenoxy) is 1. The molecule has 2 heterocycles. The zero-order valence-corrected chi connectivity index (χ0v) is 10.4. The maximum atomic E-state index is 12.8. The minimum atomic E-state index is -0.311. The van der Waals surface area contributed by atoms with E-state index in [-0.39, 0.29) is 17.5 Å². The molecule has 94 valence electrons. The summed E-state index contributed by atoms with van der Waals surface area (Å²) in [6.07, 6.45) is 3.22. The van der Waals surface area contributed by atoms with Crippen molar-refractivity contribution in [1.82, 2.24) is 10.3 Å². The third-order valence-corrected chi connectivity index (χ3v) is 3.55. The minimum Gasteiger partial charge on any atom is -0.371 e. The van der Waals surface area contributed by atoms with Crippen molar-refractivity contribution in [2.45, 2.75) is 38.3 Å². The quantitative estimate of drug-likeness (QED) is 0.859. The number of rotatable bonds is 2. The summed E-state index contributed by atoms with van der Waals surface area (Å²) in [5.41, 5.74) is 0.925. The summed E-state index contributed by atoms with van der Waals surface area (Å²) in [7, 11) is 0. The van der Waals surface area contributed by atoms with Gasteiger partial charge in [-0.15, -0.1) is 0 Å². The van der Waals surface area contributed by atoms with Gasteiger partial charge in [-0.2, -0.15) is 0 Å². The van der Waals surface area contributed by atoms with Gasteiger partial charge >= 0.3 is 0 Å². The first-order valence-electron chi connectivity index (χ1n) is 6.11. The van der Waals surface area contributed by atoms with Gasteiger partial charge < -0.3 is 10.1 Å². The third kappa shape index (κ3) is 3.01. The lowest BCUT2D eigenvalue weighted by atomic mass is 9.95. The van der Waals surface area contributed by atoms with Crippen LogP contribution in [0.5, 0.6) is 0 Å². The highest BCUT2D eigenvalue weighted by Gasteiger charge is 2.27. The summed E-state index contributed by atoms with van der Waals surface area (Å²) in [4.78, 5) is 4.08. The van der Waals surface area contributed by atoms with Gasteiger partial charge in [-0.1, -0.05) is 6.92 Å². The fraction of sp³-hybridized carbons (Fsp3) is 0.615. The number of aromatic nitrogens is 1. The smallest absolute Gasteiger partial charge is 0.141 e. The fourth-order valence-electron chi connectivity index (χ4n) is 1.98. The first kappa shape index (κ1) is 12.5. The molecule has 0 saturated carbocycles. The molecule has 2 atom stereocenters. The Balaban J connectivity index is 2.06. The van der Waals surface area contributed by atoms with Gasteiger partial charge in [0.15, 0.2) is 0 Å². The Morgan fingerprint density at radius 2 is 2.41 bits per heavy atom. The first-order valence-corrected chi connectivity index (χ1v) is 6.11. The zero-order valence-electron chi connectivity index (χ0n) is 10.4. The molecule has 0 radical (unpaired) electrons. The molecule has 1 aliphatic heterocycles. The van der Waals surface area contributed by atoms with Crippen LogP contribution in [0.2, 0.25) is 0 Å². The molecule has 0 amide bonds. The molecular formula is C13H19FN2O. The summed E-state index contributed by atoms with van der Waals surface area (Å²) in [6.45, 7) is 5.81. The number of nitrogens with one attached hydrogen (secondary N) is 1. The second-order valence-electron chi connectivity index (χ2n) is 4.81. The lowest BCUT2D eigenvalue weighted by molar-refractivity contribution is 0.0623. The zero-order chi connectivity index (χ0) is 12.3. The van der Waals surface area contributed by atoms with Crippen molar-refractivity contribution in [3.63, 3.8) is 0 Å². The van der Waals surface area contributed by atoms with Crippen molar-refractivity contribution in [2.24, 2.45) is 0 Å². The van der Waals surface area contributed by atoms with E-state index in [4.69, 9.17) is 4.74 Å². The van der Waals surface area contributed by atoms with E-state index in [9.17, 15) is 4.39 Å². The summed E-state index contributed by atoms with van der Waals surface area (Å²) in [6, 6.07) is 3.12. The monoisotopic (exact) mass is 238 g/mol. The van der Waals surface area contributed by atoms with Crippen LogP contribution in [0.3, 0.4) is 0 Å². The number of hydrogen-bond donors (Lipinski definition) is 1. The predicted molar refractivity (Wildman–Crippen MR) is 64.2 cm³/mol. The summed E-state index contributed by atoms with van der Waals surface area (Å²) >= 11 is 0. The van der Waals surface area contributed by atoms with Gasteiger partial charge in [0, 0.05) is 18.7 Å². The maximum absolute atomic E-state index is 12.8. The highest BCUT2D eigenvalue weighted by molar-refractivity contribution is 5.09. The molecule has 4 heteroatoms. The molecule has 1 saturated heterocycles. The number of hydrogen-bond acceptors (Lipinski definition) is 3. The summed E-state index contributed by atoms with van der Waals surface area (Å²) in [5, 5.41) is 3.51. The molecule has 1 N–H and O–H groups in total. The van der Waals surface area contributed by atoms with Gasteiger partial charge in [0.2, 0.25) is 0 Å². The van der Waals surface area contributed by atoms with Crippen molar-refractivity contribution in [2.75, 3.05) is 13.2 Å². The Labute approximate surface area is 101 Å². The maximum Gasteiger partial charge on any atom is 0.141 e. The van der Waals surface area contributed by atoms with E-state index < -0.39 is 0 Å². The predicted octanol–water partition coefficient (Wildman–Crippen LogP) is 2.44. The van der Waals surface area contributed by atoms with Gasteiger partial charge in [0.1, 0.15) is 11.9 Å². The van der Waals surface area contributed by atoms with Crippen LogP contribution in [-0.2, 0) is 4.74 Å². The Hall–Kier alpha value is -1.00.